The predicted molar refractivity (Wildman–Crippen MR) is 99.7 cm³/mol. The summed E-state index contributed by atoms with van der Waals surface area (Å²) in [6.07, 6.45) is 0. The van der Waals surface area contributed by atoms with Gasteiger partial charge in [0.05, 0.1) is 0 Å². The number of ether oxygens (including phenoxy) is 1. The molecule has 0 aliphatic heterocycles. The third kappa shape index (κ3) is 2.84. The molecule has 3 heteroatoms. The topological polar surface area (TPSA) is 22.4 Å². The van der Waals surface area contributed by atoms with Crippen LogP contribution < -0.4 is 13.7 Å². The van der Waals surface area contributed by atoms with Gasteiger partial charge in [0.1, 0.15) is 0 Å². The van der Waals surface area contributed by atoms with Gasteiger partial charge in [-0.2, -0.15) is 0 Å². The summed E-state index contributed by atoms with van der Waals surface area (Å²) in [4.78, 5) is 0. The Morgan fingerprint density at radius 1 is 0.833 bits per heavy atom. The van der Waals surface area contributed by atoms with Crippen molar-refractivity contribution >= 4 is 34.8 Å². The summed E-state index contributed by atoms with van der Waals surface area (Å²) in [7, 11) is 1.69. The van der Waals surface area contributed by atoms with Gasteiger partial charge in [0.25, 0.3) is 0 Å². The Bertz CT molecular complexity index is 973. The third-order valence-electron chi connectivity index (χ3n) is 3.84. The van der Waals surface area contributed by atoms with Gasteiger partial charge in [-0.25, -0.2) is 0 Å². The molecule has 0 aliphatic carbocycles. The summed E-state index contributed by atoms with van der Waals surface area (Å²) in [6.45, 7) is 0. The molecule has 0 atom stereocenters. The second-order valence-corrected chi connectivity index (χ2v) is 7.68. The quantitative estimate of drug-likeness (QED) is 0.504. The van der Waals surface area contributed by atoms with E-state index < -0.39 is 0 Å². The molecule has 1 heterocycles. The van der Waals surface area contributed by atoms with Crippen molar-refractivity contribution in [3.8, 4) is 17.1 Å². The molecule has 0 amide bonds. The Hall–Kier alpha value is -2.48. The summed E-state index contributed by atoms with van der Waals surface area (Å²) >= 11 is 0.173. The van der Waals surface area contributed by atoms with Crippen LogP contribution in [0.4, 0.5) is 0 Å². The minimum absolute atomic E-state index is 0.173. The number of benzene rings is 3. The van der Waals surface area contributed by atoms with Gasteiger partial charge in [-0.15, -0.1) is 0 Å². The Morgan fingerprint density at radius 3 is 2.46 bits per heavy atom. The number of fused-ring (bicyclic) bond motifs is 1. The summed E-state index contributed by atoms with van der Waals surface area (Å²) in [6, 6.07) is 26.9. The second kappa shape index (κ2) is 6.56. The molecule has 0 aliphatic rings. The van der Waals surface area contributed by atoms with E-state index in [1.54, 1.807) is 7.11 Å². The fraction of sp³-hybridized carbons (Fsp3) is 0.0476. The van der Waals surface area contributed by atoms with Gasteiger partial charge < -0.3 is 0 Å². The van der Waals surface area contributed by atoms with Crippen molar-refractivity contribution in [2.75, 3.05) is 7.11 Å². The number of hydrogen-bond acceptors (Lipinski definition) is 2. The molecule has 0 fully saturated rings. The standard InChI is InChI=1S/C21H16O2Se/c1-22-16-9-7-8-15(14-16)20-21(24-17-10-3-2-4-11-17)18-12-5-6-13-19(18)23-20/h2-14H,1H3. The average molecular weight is 379 g/mol. The normalized spacial score (nSPS) is 10.9. The van der Waals surface area contributed by atoms with E-state index in [1.807, 2.05) is 30.3 Å². The van der Waals surface area contributed by atoms with Crippen molar-refractivity contribution in [3.05, 3.63) is 78.9 Å². The van der Waals surface area contributed by atoms with Crippen LogP contribution in [0.5, 0.6) is 5.75 Å². The van der Waals surface area contributed by atoms with Gasteiger partial charge >= 0.3 is 147 Å². The van der Waals surface area contributed by atoms with E-state index in [0.29, 0.717) is 0 Å². The number of furan rings is 1. The maximum atomic E-state index is 6.22. The summed E-state index contributed by atoms with van der Waals surface area (Å²) in [5.41, 5.74) is 1.99. The fourth-order valence-electron chi connectivity index (χ4n) is 2.68. The van der Waals surface area contributed by atoms with E-state index in [9.17, 15) is 0 Å². The van der Waals surface area contributed by atoms with E-state index in [-0.39, 0.29) is 15.0 Å². The van der Waals surface area contributed by atoms with Crippen LogP contribution in [0.2, 0.25) is 0 Å². The Labute approximate surface area is 147 Å². The van der Waals surface area contributed by atoms with E-state index in [2.05, 4.69) is 48.5 Å². The first-order valence-electron chi connectivity index (χ1n) is 7.74. The van der Waals surface area contributed by atoms with E-state index in [0.717, 1.165) is 22.7 Å². The van der Waals surface area contributed by atoms with Crippen LogP contribution in [0.1, 0.15) is 0 Å². The Balaban J connectivity index is 1.89. The van der Waals surface area contributed by atoms with Crippen LogP contribution in [0.15, 0.2) is 83.3 Å². The number of hydrogen-bond donors (Lipinski definition) is 0. The van der Waals surface area contributed by atoms with Gasteiger partial charge in [-0.05, 0) is 0 Å². The zero-order valence-electron chi connectivity index (χ0n) is 13.2. The van der Waals surface area contributed by atoms with Crippen LogP contribution in [-0.2, 0) is 0 Å². The van der Waals surface area contributed by atoms with Crippen molar-refractivity contribution < 1.29 is 9.15 Å². The molecule has 0 saturated heterocycles. The molecule has 4 aromatic rings. The first kappa shape index (κ1) is 15.1. The zero-order chi connectivity index (χ0) is 16.4. The number of methoxy groups -OCH3 is 1. The van der Waals surface area contributed by atoms with Crippen molar-refractivity contribution in [2.45, 2.75) is 0 Å². The molecule has 118 valence electrons. The van der Waals surface area contributed by atoms with E-state index in [4.69, 9.17) is 9.15 Å². The van der Waals surface area contributed by atoms with Gasteiger partial charge in [-0.1, -0.05) is 0 Å². The minimum atomic E-state index is 0.173. The van der Waals surface area contributed by atoms with Gasteiger partial charge in [0, 0.05) is 0 Å². The zero-order valence-corrected chi connectivity index (χ0v) is 14.9. The predicted octanol–water partition coefficient (Wildman–Crippen LogP) is 3.76. The molecule has 0 N–H and O–H groups in total. The fourth-order valence-corrected chi connectivity index (χ4v) is 4.91. The summed E-state index contributed by atoms with van der Waals surface area (Å²) < 4.78 is 14.2. The SMILES string of the molecule is COc1cccc(-c2oc3ccccc3c2[Se]c2ccccc2)c1. The maximum absolute atomic E-state index is 6.22. The molecule has 3 aromatic carbocycles. The van der Waals surface area contributed by atoms with Gasteiger partial charge in [0.15, 0.2) is 0 Å². The molecule has 24 heavy (non-hydrogen) atoms. The van der Waals surface area contributed by atoms with Crippen LogP contribution in [-0.4, -0.2) is 22.1 Å². The molecule has 2 nitrogen and oxygen atoms in total. The third-order valence-corrected chi connectivity index (χ3v) is 6.19. The molecule has 0 spiro atoms. The van der Waals surface area contributed by atoms with Crippen molar-refractivity contribution in [2.24, 2.45) is 0 Å². The van der Waals surface area contributed by atoms with Gasteiger partial charge in [0.2, 0.25) is 0 Å². The molecule has 4 rings (SSSR count). The summed E-state index contributed by atoms with van der Waals surface area (Å²) in [5, 5.41) is 1.19. The summed E-state index contributed by atoms with van der Waals surface area (Å²) in [5.74, 6) is 1.78. The molecule has 0 bridgehead atoms. The van der Waals surface area contributed by atoms with Crippen LogP contribution in [0, 0.1) is 0 Å². The average Bonchev–Trinajstić information content (AvgIpc) is 3.01. The van der Waals surface area contributed by atoms with E-state index >= 15 is 0 Å². The first-order valence-corrected chi connectivity index (χ1v) is 9.45. The first-order chi connectivity index (χ1) is 11.8. The monoisotopic (exact) mass is 380 g/mol. The van der Waals surface area contributed by atoms with Crippen LogP contribution in [0.3, 0.4) is 0 Å². The van der Waals surface area contributed by atoms with Crippen molar-refractivity contribution in [1.82, 2.24) is 0 Å². The number of para-hydroxylation sites is 1. The van der Waals surface area contributed by atoms with Crippen molar-refractivity contribution in [3.63, 3.8) is 0 Å². The Kier molecular flexibility index (Phi) is 4.12. The molecule has 1 aromatic heterocycles. The van der Waals surface area contributed by atoms with E-state index in [1.165, 1.54) is 14.3 Å². The number of rotatable bonds is 4. The van der Waals surface area contributed by atoms with Gasteiger partial charge in [-0.3, -0.25) is 0 Å². The molecular weight excluding hydrogens is 363 g/mol. The Morgan fingerprint density at radius 2 is 1.62 bits per heavy atom. The van der Waals surface area contributed by atoms with Crippen molar-refractivity contribution in [1.29, 1.82) is 0 Å². The second-order valence-electron chi connectivity index (χ2n) is 5.40. The molecule has 0 radical (unpaired) electrons. The van der Waals surface area contributed by atoms with Crippen LogP contribution >= 0.6 is 0 Å². The molecular formula is C21H16O2Se. The molecule has 0 unspecified atom stereocenters. The van der Waals surface area contributed by atoms with Crippen LogP contribution in [0.25, 0.3) is 22.3 Å². The molecule has 0 saturated carbocycles.